The second kappa shape index (κ2) is 7.71. The van der Waals surface area contributed by atoms with Crippen molar-refractivity contribution >= 4 is 11.7 Å². The topological polar surface area (TPSA) is 47.6 Å². The Bertz CT molecular complexity index is 379. The molecule has 0 aromatic heterocycles. The molecule has 0 saturated heterocycles. The molecule has 0 amide bonds. The molecule has 1 rings (SSSR count). The molecule has 1 N–H and O–H groups in total. The number of carbonyl (C=O) groups is 1. The Morgan fingerprint density at radius 1 is 1.44 bits per heavy atom. The fourth-order valence-electron chi connectivity index (χ4n) is 1.61. The molecule has 18 heavy (non-hydrogen) atoms. The van der Waals surface area contributed by atoms with Crippen LogP contribution < -0.4 is 5.32 Å². The maximum absolute atomic E-state index is 11.6. The molecule has 0 aliphatic rings. The van der Waals surface area contributed by atoms with E-state index in [1.165, 1.54) is 0 Å². The van der Waals surface area contributed by atoms with Crippen LogP contribution in [0.5, 0.6) is 0 Å². The minimum absolute atomic E-state index is 0.286. The summed E-state index contributed by atoms with van der Waals surface area (Å²) >= 11 is 0. The average Bonchev–Trinajstić information content (AvgIpc) is 2.37. The van der Waals surface area contributed by atoms with Crippen LogP contribution in [0, 0.1) is 5.92 Å². The predicted molar refractivity (Wildman–Crippen MR) is 71.9 cm³/mol. The van der Waals surface area contributed by atoms with Crippen LogP contribution in [0.15, 0.2) is 24.3 Å². The number of ether oxygens (including phenoxy) is 2. The van der Waals surface area contributed by atoms with E-state index in [2.05, 4.69) is 12.2 Å². The Labute approximate surface area is 108 Å². The van der Waals surface area contributed by atoms with Crippen molar-refractivity contribution < 1.29 is 14.3 Å². The Morgan fingerprint density at radius 3 is 2.89 bits per heavy atom. The van der Waals surface area contributed by atoms with Crippen molar-refractivity contribution in [3.63, 3.8) is 0 Å². The van der Waals surface area contributed by atoms with Crippen LogP contribution in [0.4, 0.5) is 5.69 Å². The third-order valence-electron chi connectivity index (χ3n) is 2.48. The molecule has 0 bridgehead atoms. The molecule has 0 fully saturated rings. The van der Waals surface area contributed by atoms with Crippen LogP contribution >= 0.6 is 0 Å². The molecule has 1 aromatic rings. The maximum Gasteiger partial charge on any atom is 0.338 e. The van der Waals surface area contributed by atoms with Gasteiger partial charge in [-0.2, -0.15) is 0 Å². The number of hydrogen-bond donors (Lipinski definition) is 1. The highest BCUT2D eigenvalue weighted by Gasteiger charge is 2.07. The number of carbonyl (C=O) groups excluding carboxylic acids is 1. The lowest BCUT2D eigenvalue weighted by Crippen LogP contribution is -2.16. The van der Waals surface area contributed by atoms with Gasteiger partial charge in [-0.3, -0.25) is 0 Å². The zero-order chi connectivity index (χ0) is 13.4. The van der Waals surface area contributed by atoms with Gasteiger partial charge in [-0.25, -0.2) is 4.79 Å². The summed E-state index contributed by atoms with van der Waals surface area (Å²) < 4.78 is 10.0. The Hall–Kier alpha value is -1.55. The van der Waals surface area contributed by atoms with Gasteiger partial charge in [0, 0.05) is 19.3 Å². The van der Waals surface area contributed by atoms with E-state index in [1.807, 2.05) is 12.1 Å². The number of esters is 1. The average molecular weight is 251 g/mol. The van der Waals surface area contributed by atoms with Crippen LogP contribution in [0.2, 0.25) is 0 Å². The molecule has 1 aromatic carbocycles. The van der Waals surface area contributed by atoms with E-state index in [9.17, 15) is 4.79 Å². The minimum atomic E-state index is -0.286. The van der Waals surface area contributed by atoms with Crippen LogP contribution in [0.25, 0.3) is 0 Å². The van der Waals surface area contributed by atoms with Crippen LogP contribution in [0.3, 0.4) is 0 Å². The highest BCUT2D eigenvalue weighted by atomic mass is 16.5. The molecular formula is C14H21NO3. The van der Waals surface area contributed by atoms with Gasteiger partial charge in [-0.15, -0.1) is 0 Å². The number of hydrogen-bond acceptors (Lipinski definition) is 4. The van der Waals surface area contributed by atoms with E-state index < -0.39 is 0 Å². The van der Waals surface area contributed by atoms with E-state index >= 15 is 0 Å². The second-order valence-electron chi connectivity index (χ2n) is 4.24. The molecule has 100 valence electrons. The fourth-order valence-corrected chi connectivity index (χ4v) is 1.61. The first-order valence-corrected chi connectivity index (χ1v) is 6.17. The first-order valence-electron chi connectivity index (χ1n) is 6.17. The normalized spacial score (nSPS) is 11.9. The van der Waals surface area contributed by atoms with Crippen molar-refractivity contribution in [2.45, 2.75) is 13.8 Å². The molecule has 0 spiro atoms. The quantitative estimate of drug-likeness (QED) is 0.757. The standard InChI is InChI=1S/C14H21NO3/c1-4-18-14(16)12-6-5-7-13(8-12)15-9-11(2)10-17-3/h5-8,11,15H,4,9-10H2,1-3H3. The van der Waals surface area contributed by atoms with Crippen LogP contribution in [-0.4, -0.2) is 32.8 Å². The number of methoxy groups -OCH3 is 1. The van der Waals surface area contributed by atoms with Crippen molar-refractivity contribution in [3.05, 3.63) is 29.8 Å². The minimum Gasteiger partial charge on any atom is -0.462 e. The number of anilines is 1. The van der Waals surface area contributed by atoms with E-state index in [-0.39, 0.29) is 5.97 Å². The van der Waals surface area contributed by atoms with Crippen LogP contribution in [-0.2, 0) is 9.47 Å². The lowest BCUT2D eigenvalue weighted by atomic mass is 10.1. The molecule has 0 saturated carbocycles. The summed E-state index contributed by atoms with van der Waals surface area (Å²) in [7, 11) is 1.69. The third kappa shape index (κ3) is 4.75. The summed E-state index contributed by atoms with van der Waals surface area (Å²) in [6, 6.07) is 7.33. The molecule has 0 aliphatic carbocycles. The molecule has 0 aliphatic heterocycles. The Morgan fingerprint density at radius 2 is 2.22 bits per heavy atom. The van der Waals surface area contributed by atoms with E-state index in [1.54, 1.807) is 26.2 Å². The van der Waals surface area contributed by atoms with Gasteiger partial charge in [0.25, 0.3) is 0 Å². The molecule has 4 heteroatoms. The Balaban J connectivity index is 2.56. The van der Waals surface area contributed by atoms with Gasteiger partial charge in [0.15, 0.2) is 0 Å². The summed E-state index contributed by atoms with van der Waals surface area (Å²) in [6.07, 6.45) is 0. The molecule has 1 atom stereocenters. The molecule has 0 radical (unpaired) electrons. The summed E-state index contributed by atoms with van der Waals surface area (Å²) in [5.74, 6) is 0.132. The highest BCUT2D eigenvalue weighted by Crippen LogP contribution is 2.12. The molecule has 4 nitrogen and oxygen atoms in total. The fraction of sp³-hybridized carbons (Fsp3) is 0.500. The van der Waals surface area contributed by atoms with Gasteiger partial charge < -0.3 is 14.8 Å². The van der Waals surface area contributed by atoms with Crippen LogP contribution in [0.1, 0.15) is 24.2 Å². The van der Waals surface area contributed by atoms with Crippen molar-refractivity contribution in [3.8, 4) is 0 Å². The van der Waals surface area contributed by atoms with E-state index in [0.717, 1.165) is 12.2 Å². The van der Waals surface area contributed by atoms with Crippen molar-refractivity contribution in [1.82, 2.24) is 0 Å². The van der Waals surface area contributed by atoms with Gasteiger partial charge in [0.2, 0.25) is 0 Å². The van der Waals surface area contributed by atoms with E-state index in [0.29, 0.717) is 24.7 Å². The summed E-state index contributed by atoms with van der Waals surface area (Å²) in [5.41, 5.74) is 1.49. The third-order valence-corrected chi connectivity index (χ3v) is 2.48. The first kappa shape index (κ1) is 14.5. The molecular weight excluding hydrogens is 230 g/mol. The highest BCUT2D eigenvalue weighted by molar-refractivity contribution is 5.90. The van der Waals surface area contributed by atoms with Crippen molar-refractivity contribution in [2.24, 2.45) is 5.92 Å². The van der Waals surface area contributed by atoms with Gasteiger partial charge in [0.05, 0.1) is 18.8 Å². The molecule has 1 unspecified atom stereocenters. The van der Waals surface area contributed by atoms with Gasteiger partial charge in [0.1, 0.15) is 0 Å². The van der Waals surface area contributed by atoms with Crippen molar-refractivity contribution in [2.75, 3.05) is 32.2 Å². The Kier molecular flexibility index (Phi) is 6.22. The van der Waals surface area contributed by atoms with Gasteiger partial charge in [-0.05, 0) is 31.0 Å². The SMILES string of the molecule is CCOC(=O)c1cccc(NCC(C)COC)c1. The number of rotatable bonds is 7. The monoisotopic (exact) mass is 251 g/mol. The first-order chi connectivity index (χ1) is 8.67. The smallest absolute Gasteiger partial charge is 0.338 e. The zero-order valence-corrected chi connectivity index (χ0v) is 11.2. The van der Waals surface area contributed by atoms with Gasteiger partial charge >= 0.3 is 5.97 Å². The largest absolute Gasteiger partial charge is 0.462 e. The zero-order valence-electron chi connectivity index (χ0n) is 11.2. The number of nitrogens with one attached hydrogen (secondary N) is 1. The summed E-state index contributed by atoms with van der Waals surface area (Å²) in [5, 5.41) is 3.28. The van der Waals surface area contributed by atoms with Gasteiger partial charge in [-0.1, -0.05) is 13.0 Å². The number of benzene rings is 1. The summed E-state index contributed by atoms with van der Waals surface area (Å²) in [4.78, 5) is 11.6. The molecule has 0 heterocycles. The lowest BCUT2D eigenvalue weighted by Gasteiger charge is -2.13. The predicted octanol–water partition coefficient (Wildman–Crippen LogP) is 2.56. The van der Waals surface area contributed by atoms with E-state index in [4.69, 9.17) is 9.47 Å². The second-order valence-corrected chi connectivity index (χ2v) is 4.24. The summed E-state index contributed by atoms with van der Waals surface area (Å²) in [6.45, 7) is 5.81. The van der Waals surface area contributed by atoms with Crippen molar-refractivity contribution in [1.29, 1.82) is 0 Å². The maximum atomic E-state index is 11.6. The lowest BCUT2D eigenvalue weighted by molar-refractivity contribution is 0.0526.